The van der Waals surface area contributed by atoms with Gasteiger partial charge in [0.25, 0.3) is 5.56 Å². The monoisotopic (exact) mass is 428 g/mol. The molecule has 3 heterocycles. The Kier molecular flexibility index (Phi) is 7.22. The number of aliphatic hydroxyl groups is 2. The van der Waals surface area contributed by atoms with Gasteiger partial charge < -0.3 is 14.9 Å². The molecule has 1 saturated heterocycles. The molecule has 0 bridgehead atoms. The molecule has 0 radical (unpaired) electrons. The molecule has 3 atom stereocenters. The molecule has 10 nitrogen and oxygen atoms in total. The van der Waals surface area contributed by atoms with E-state index in [0.717, 1.165) is 4.57 Å². The Hall–Kier alpha value is -2.02. The third-order valence-electron chi connectivity index (χ3n) is 4.67. The smallest absolute Gasteiger partial charge is 0.332 e. The maximum Gasteiger partial charge on any atom is 0.332 e. The van der Waals surface area contributed by atoms with Gasteiger partial charge in [0.1, 0.15) is 12.4 Å². The highest BCUT2D eigenvalue weighted by molar-refractivity contribution is 8.00. The standard InChI is InChI=1S/C17H24FN5O5S/c1-11-7-23(15-6-13(25)14(9-24)29-15)17(27)22(16(11)26)4-5-28-10-12-8-21(3-2-18)20-19-12/h7-8,13-15,24-25H,2-6,9-10H2,1H3/t13?,14-,15?/m1/s1/i18-1. The molecule has 2 unspecified atom stereocenters. The van der Waals surface area contributed by atoms with Crippen molar-refractivity contribution in [2.24, 2.45) is 0 Å². The molecule has 12 heteroatoms. The van der Waals surface area contributed by atoms with Crippen LogP contribution >= 0.6 is 11.8 Å². The van der Waals surface area contributed by atoms with Gasteiger partial charge in [-0.05, 0) is 6.92 Å². The van der Waals surface area contributed by atoms with E-state index in [9.17, 15) is 24.2 Å². The van der Waals surface area contributed by atoms with E-state index in [4.69, 9.17) is 4.74 Å². The Balaban J connectivity index is 1.66. The molecule has 160 valence electrons. The zero-order valence-corrected chi connectivity index (χ0v) is 16.8. The zero-order chi connectivity index (χ0) is 21.0. The summed E-state index contributed by atoms with van der Waals surface area (Å²) in [6.45, 7) is 1.31. The molecule has 0 amide bonds. The van der Waals surface area contributed by atoms with Crippen molar-refractivity contribution in [1.29, 1.82) is 0 Å². The van der Waals surface area contributed by atoms with Gasteiger partial charge >= 0.3 is 5.69 Å². The van der Waals surface area contributed by atoms with Crippen LogP contribution in [-0.4, -0.2) is 65.6 Å². The molecule has 3 rings (SSSR count). The van der Waals surface area contributed by atoms with E-state index in [0.29, 0.717) is 17.7 Å². The molecular formula is C17H24FN5O5S. The van der Waals surface area contributed by atoms with Crippen LogP contribution in [0, 0.1) is 6.92 Å². The third-order valence-corrected chi connectivity index (χ3v) is 6.22. The van der Waals surface area contributed by atoms with E-state index in [-0.39, 0.29) is 43.5 Å². The molecule has 1 fully saturated rings. The number of ether oxygens (including phenoxy) is 1. The number of aryl methyl sites for hydroxylation is 2. The van der Waals surface area contributed by atoms with Crippen LogP contribution in [0.25, 0.3) is 0 Å². The molecule has 0 aromatic carbocycles. The van der Waals surface area contributed by atoms with Gasteiger partial charge in [-0.3, -0.25) is 13.9 Å². The molecule has 0 saturated carbocycles. The first-order chi connectivity index (χ1) is 13.9. The summed E-state index contributed by atoms with van der Waals surface area (Å²) in [7, 11) is 0. The molecule has 1 aliphatic heterocycles. The predicted molar refractivity (Wildman–Crippen MR) is 103 cm³/mol. The van der Waals surface area contributed by atoms with Crippen LogP contribution in [-0.2, 0) is 24.4 Å². The van der Waals surface area contributed by atoms with Crippen molar-refractivity contribution < 1.29 is 19.3 Å². The number of hydrogen-bond donors (Lipinski definition) is 2. The van der Waals surface area contributed by atoms with Crippen LogP contribution in [0.4, 0.5) is 4.39 Å². The van der Waals surface area contributed by atoms with E-state index in [1.165, 1.54) is 27.2 Å². The Bertz CT molecular complexity index is 945. The second-order valence-electron chi connectivity index (χ2n) is 6.79. The number of alkyl halides is 1. The molecule has 2 aromatic rings. The van der Waals surface area contributed by atoms with Crippen molar-refractivity contribution in [2.45, 2.75) is 49.8 Å². The number of rotatable bonds is 9. The maximum atomic E-state index is 12.8. The average Bonchev–Trinajstić information content (AvgIpc) is 3.30. The average molecular weight is 428 g/mol. The number of halogens is 1. The molecule has 2 N–H and O–H groups in total. The van der Waals surface area contributed by atoms with E-state index in [1.807, 2.05) is 0 Å². The van der Waals surface area contributed by atoms with Crippen molar-refractivity contribution in [2.75, 3.05) is 19.9 Å². The van der Waals surface area contributed by atoms with Gasteiger partial charge in [-0.2, -0.15) is 0 Å². The van der Waals surface area contributed by atoms with Crippen molar-refractivity contribution in [3.05, 3.63) is 44.5 Å². The predicted octanol–water partition coefficient (Wildman–Crippen LogP) is -0.546. The molecule has 1 aliphatic rings. The van der Waals surface area contributed by atoms with E-state index < -0.39 is 24.0 Å². The topological polar surface area (TPSA) is 124 Å². The highest BCUT2D eigenvalue weighted by atomic mass is 32.2. The summed E-state index contributed by atoms with van der Waals surface area (Å²) < 4.78 is 21.7. The maximum absolute atomic E-state index is 12.8. The minimum absolute atomic E-state index is 0.0569. The zero-order valence-electron chi connectivity index (χ0n) is 16.0. The lowest BCUT2D eigenvalue weighted by atomic mass is 10.2. The SMILES string of the molecule is Cc1cn(C2CC(O)[C@@H](CO)S2)c(=O)n(CCOCc2cn(CC[18F])nn2)c1=O. The second-order valence-corrected chi connectivity index (χ2v) is 8.21. The van der Waals surface area contributed by atoms with Crippen LogP contribution in [0.5, 0.6) is 0 Å². The fourth-order valence-electron chi connectivity index (χ4n) is 3.15. The molecule has 29 heavy (non-hydrogen) atoms. The minimum Gasteiger partial charge on any atom is -0.395 e. The summed E-state index contributed by atoms with van der Waals surface area (Å²) in [5.41, 5.74) is 0.0486. The number of thioether (sulfide) groups is 1. The first kappa shape index (κ1) is 21.7. The van der Waals surface area contributed by atoms with E-state index in [1.54, 1.807) is 13.1 Å². The normalized spacial score (nSPS) is 21.7. The fourth-order valence-corrected chi connectivity index (χ4v) is 4.52. The van der Waals surface area contributed by atoms with Crippen LogP contribution < -0.4 is 11.2 Å². The van der Waals surface area contributed by atoms with Gasteiger partial charge in [0.15, 0.2) is 0 Å². The van der Waals surface area contributed by atoms with Crippen molar-refractivity contribution in [3.8, 4) is 0 Å². The quantitative estimate of drug-likeness (QED) is 0.510. The summed E-state index contributed by atoms with van der Waals surface area (Å²) in [6.07, 6.45) is 2.68. The van der Waals surface area contributed by atoms with Crippen LogP contribution in [0.2, 0.25) is 0 Å². The van der Waals surface area contributed by atoms with Gasteiger partial charge in [0.05, 0.1) is 55.8 Å². The van der Waals surface area contributed by atoms with Crippen LogP contribution in [0.1, 0.15) is 23.1 Å². The van der Waals surface area contributed by atoms with Crippen molar-refractivity contribution in [1.82, 2.24) is 24.1 Å². The first-order valence-corrected chi connectivity index (χ1v) is 10.2. The Labute approximate surface area is 169 Å². The number of nitrogens with zero attached hydrogens (tertiary/aromatic N) is 5. The summed E-state index contributed by atoms with van der Waals surface area (Å²) in [5, 5.41) is 26.2. The van der Waals surface area contributed by atoms with Crippen LogP contribution in [0.3, 0.4) is 0 Å². The lowest BCUT2D eigenvalue weighted by Gasteiger charge is -2.16. The Morgan fingerprint density at radius 2 is 2.14 bits per heavy atom. The molecule has 2 aromatic heterocycles. The van der Waals surface area contributed by atoms with Gasteiger partial charge in [-0.1, -0.05) is 5.21 Å². The summed E-state index contributed by atoms with van der Waals surface area (Å²) in [4.78, 5) is 25.2. The summed E-state index contributed by atoms with van der Waals surface area (Å²) >= 11 is 1.31. The van der Waals surface area contributed by atoms with Crippen molar-refractivity contribution >= 4 is 11.8 Å². The Morgan fingerprint density at radius 3 is 2.83 bits per heavy atom. The highest BCUT2D eigenvalue weighted by Gasteiger charge is 2.35. The Morgan fingerprint density at radius 1 is 1.34 bits per heavy atom. The minimum atomic E-state index is -0.711. The summed E-state index contributed by atoms with van der Waals surface area (Å²) in [6, 6.07) is 0. The lowest BCUT2D eigenvalue weighted by Crippen LogP contribution is -2.42. The van der Waals surface area contributed by atoms with Gasteiger partial charge in [-0.15, -0.1) is 16.9 Å². The largest absolute Gasteiger partial charge is 0.395 e. The molecular weight excluding hydrogens is 404 g/mol. The third kappa shape index (κ3) is 4.94. The van der Waals surface area contributed by atoms with Gasteiger partial charge in [0, 0.05) is 18.2 Å². The van der Waals surface area contributed by atoms with Crippen molar-refractivity contribution in [3.63, 3.8) is 0 Å². The number of aliphatic hydroxyl groups excluding tert-OH is 2. The molecule has 0 spiro atoms. The number of hydrogen-bond acceptors (Lipinski definition) is 8. The van der Waals surface area contributed by atoms with Crippen LogP contribution in [0.15, 0.2) is 22.0 Å². The van der Waals surface area contributed by atoms with E-state index >= 15 is 0 Å². The van der Waals surface area contributed by atoms with Gasteiger partial charge in [0.2, 0.25) is 0 Å². The second kappa shape index (κ2) is 9.65. The summed E-state index contributed by atoms with van der Waals surface area (Å²) in [5.74, 6) is 0. The highest BCUT2D eigenvalue weighted by Crippen LogP contribution is 2.40. The first-order valence-electron chi connectivity index (χ1n) is 9.24. The lowest BCUT2D eigenvalue weighted by molar-refractivity contribution is 0.108. The number of aromatic nitrogens is 5. The molecule has 0 aliphatic carbocycles. The van der Waals surface area contributed by atoms with E-state index in [2.05, 4.69) is 10.3 Å². The van der Waals surface area contributed by atoms with Gasteiger partial charge in [-0.25, -0.2) is 13.9 Å². The fraction of sp³-hybridized carbons (Fsp3) is 0.647.